The van der Waals surface area contributed by atoms with Gasteiger partial charge in [-0.25, -0.2) is 14.2 Å². The summed E-state index contributed by atoms with van der Waals surface area (Å²) in [4.78, 5) is 20.9. The lowest BCUT2D eigenvalue weighted by Gasteiger charge is -2.09. The van der Waals surface area contributed by atoms with Gasteiger partial charge in [0.1, 0.15) is 5.82 Å². The Balaban J connectivity index is 1.47. The third kappa shape index (κ3) is 4.90. The Kier molecular flexibility index (Phi) is 6.39. The lowest BCUT2D eigenvalue weighted by atomic mass is 10.0. The maximum atomic E-state index is 13.7. The van der Waals surface area contributed by atoms with Crippen molar-refractivity contribution in [1.82, 2.24) is 15.3 Å². The van der Waals surface area contributed by atoms with E-state index in [-0.39, 0.29) is 34.0 Å². The van der Waals surface area contributed by atoms with Gasteiger partial charge >= 0.3 is 6.03 Å². The van der Waals surface area contributed by atoms with Crippen LogP contribution < -0.4 is 10.6 Å². The van der Waals surface area contributed by atoms with Gasteiger partial charge in [-0.1, -0.05) is 47.5 Å². The number of aromatic hydroxyl groups is 1. The minimum absolute atomic E-state index is 0.140. The van der Waals surface area contributed by atoms with Crippen molar-refractivity contribution in [3.63, 3.8) is 0 Å². The molecule has 0 saturated heterocycles. The molecule has 6 nitrogen and oxygen atoms in total. The van der Waals surface area contributed by atoms with E-state index in [4.69, 9.17) is 23.2 Å². The SMILES string of the molecule is O=C(NCCc1ccccc1F)Nc1cnc2ccc(-c3cc(Cl)c(O)c(Cl)c3)cc2n1. The standard InChI is InChI=1S/C23H17Cl2FN4O2/c24-16-9-15(10-17(25)22(16)31)14-5-6-19-20(11-14)29-21(12-28-19)30-23(32)27-8-7-13-3-1-2-4-18(13)26/h1-6,9-12,31H,7-8H2,(H2,27,29,30,32). The molecule has 0 spiro atoms. The van der Waals surface area contributed by atoms with E-state index < -0.39 is 6.03 Å². The molecule has 1 heterocycles. The van der Waals surface area contributed by atoms with E-state index in [1.807, 2.05) is 6.07 Å². The van der Waals surface area contributed by atoms with E-state index in [0.29, 0.717) is 28.6 Å². The van der Waals surface area contributed by atoms with Gasteiger partial charge in [-0.2, -0.15) is 0 Å². The second-order valence-corrected chi connectivity index (χ2v) is 7.78. The van der Waals surface area contributed by atoms with Crippen LogP contribution in [0.15, 0.2) is 60.8 Å². The van der Waals surface area contributed by atoms with E-state index in [1.165, 1.54) is 12.3 Å². The second kappa shape index (κ2) is 9.38. The van der Waals surface area contributed by atoms with Crippen molar-refractivity contribution in [2.24, 2.45) is 0 Å². The molecule has 0 aliphatic heterocycles. The number of hydrogen-bond acceptors (Lipinski definition) is 4. The quantitative estimate of drug-likeness (QED) is 0.343. The minimum atomic E-state index is -0.469. The third-order valence-electron chi connectivity index (χ3n) is 4.77. The first-order chi connectivity index (χ1) is 15.4. The summed E-state index contributed by atoms with van der Waals surface area (Å²) in [5, 5.41) is 15.3. The highest BCUT2D eigenvalue weighted by atomic mass is 35.5. The molecular formula is C23H17Cl2FN4O2. The molecule has 0 unspecified atom stereocenters. The van der Waals surface area contributed by atoms with Crippen LogP contribution in [0.3, 0.4) is 0 Å². The summed E-state index contributed by atoms with van der Waals surface area (Å²) >= 11 is 12.0. The van der Waals surface area contributed by atoms with E-state index in [1.54, 1.807) is 42.5 Å². The first-order valence-corrected chi connectivity index (χ1v) is 10.4. The summed E-state index contributed by atoms with van der Waals surface area (Å²) in [6, 6.07) is 14.6. The number of halogens is 3. The van der Waals surface area contributed by atoms with Crippen LogP contribution in [0, 0.1) is 5.82 Å². The molecular weight excluding hydrogens is 454 g/mol. The first kappa shape index (κ1) is 21.8. The molecule has 0 bridgehead atoms. The van der Waals surface area contributed by atoms with Gasteiger partial charge in [0, 0.05) is 6.54 Å². The van der Waals surface area contributed by atoms with E-state index in [0.717, 1.165) is 5.56 Å². The van der Waals surface area contributed by atoms with Crippen molar-refractivity contribution in [1.29, 1.82) is 0 Å². The number of nitrogens with one attached hydrogen (secondary N) is 2. The molecule has 9 heteroatoms. The maximum absolute atomic E-state index is 13.7. The number of urea groups is 1. The number of anilines is 1. The number of carbonyl (C=O) groups excluding carboxylic acids is 1. The summed E-state index contributed by atoms with van der Waals surface area (Å²) in [7, 11) is 0. The number of fused-ring (bicyclic) bond motifs is 1. The molecule has 2 amide bonds. The van der Waals surface area contributed by atoms with E-state index in [9.17, 15) is 14.3 Å². The number of nitrogens with zero attached hydrogens (tertiary/aromatic N) is 2. The molecule has 162 valence electrons. The van der Waals surface area contributed by atoms with Crippen molar-refractivity contribution in [2.45, 2.75) is 6.42 Å². The average Bonchev–Trinajstić information content (AvgIpc) is 2.78. The minimum Gasteiger partial charge on any atom is -0.505 e. The average molecular weight is 471 g/mol. The Labute approximate surface area is 193 Å². The number of benzene rings is 3. The molecule has 0 fully saturated rings. The molecule has 0 saturated carbocycles. The van der Waals surface area contributed by atoms with Gasteiger partial charge in [0.15, 0.2) is 11.6 Å². The van der Waals surface area contributed by atoms with Crippen molar-refractivity contribution < 1.29 is 14.3 Å². The van der Waals surface area contributed by atoms with Gasteiger partial charge in [0.2, 0.25) is 0 Å². The number of rotatable bonds is 5. The molecule has 4 rings (SSSR count). The van der Waals surface area contributed by atoms with Crippen LogP contribution in [-0.2, 0) is 6.42 Å². The number of carbonyl (C=O) groups is 1. The fraction of sp³-hybridized carbons (Fsp3) is 0.0870. The molecule has 3 aromatic carbocycles. The highest BCUT2D eigenvalue weighted by Crippen LogP contribution is 2.36. The highest BCUT2D eigenvalue weighted by molar-refractivity contribution is 6.37. The number of amides is 2. The second-order valence-electron chi connectivity index (χ2n) is 6.97. The zero-order valence-corrected chi connectivity index (χ0v) is 18.1. The summed E-state index contributed by atoms with van der Waals surface area (Å²) in [6.07, 6.45) is 1.82. The van der Waals surface area contributed by atoms with Crippen LogP contribution in [0.2, 0.25) is 10.0 Å². The molecule has 0 radical (unpaired) electrons. The molecule has 4 aromatic rings. The summed E-state index contributed by atoms with van der Waals surface area (Å²) < 4.78 is 13.7. The Morgan fingerprint density at radius 1 is 1.00 bits per heavy atom. The van der Waals surface area contributed by atoms with Gasteiger partial charge in [-0.15, -0.1) is 0 Å². The van der Waals surface area contributed by atoms with Gasteiger partial charge < -0.3 is 10.4 Å². The smallest absolute Gasteiger partial charge is 0.320 e. The normalized spacial score (nSPS) is 10.8. The Bertz CT molecular complexity index is 1290. The Hall–Kier alpha value is -3.42. The molecule has 0 aliphatic rings. The molecule has 0 atom stereocenters. The van der Waals surface area contributed by atoms with Gasteiger partial charge in [-0.05, 0) is 53.4 Å². The van der Waals surface area contributed by atoms with E-state index in [2.05, 4.69) is 20.6 Å². The van der Waals surface area contributed by atoms with Gasteiger partial charge in [-0.3, -0.25) is 10.3 Å². The predicted octanol–water partition coefficient (Wildman–Crippen LogP) is 5.81. The van der Waals surface area contributed by atoms with Crippen molar-refractivity contribution in [3.8, 4) is 16.9 Å². The summed E-state index contributed by atoms with van der Waals surface area (Å²) in [5.74, 6) is -0.216. The van der Waals surface area contributed by atoms with Crippen LogP contribution in [-0.4, -0.2) is 27.7 Å². The Morgan fingerprint density at radius 3 is 2.50 bits per heavy atom. The van der Waals surface area contributed by atoms with Crippen LogP contribution >= 0.6 is 23.2 Å². The van der Waals surface area contributed by atoms with Crippen molar-refractivity contribution in [2.75, 3.05) is 11.9 Å². The lowest BCUT2D eigenvalue weighted by Crippen LogP contribution is -2.31. The van der Waals surface area contributed by atoms with Crippen LogP contribution in [0.5, 0.6) is 5.75 Å². The van der Waals surface area contributed by atoms with Crippen LogP contribution in [0.4, 0.5) is 15.0 Å². The molecule has 1 aromatic heterocycles. The monoisotopic (exact) mass is 470 g/mol. The van der Waals surface area contributed by atoms with Crippen LogP contribution in [0.1, 0.15) is 5.56 Å². The molecule has 32 heavy (non-hydrogen) atoms. The first-order valence-electron chi connectivity index (χ1n) is 9.64. The maximum Gasteiger partial charge on any atom is 0.320 e. The highest BCUT2D eigenvalue weighted by Gasteiger charge is 2.10. The Morgan fingerprint density at radius 2 is 1.75 bits per heavy atom. The lowest BCUT2D eigenvalue weighted by molar-refractivity contribution is 0.252. The van der Waals surface area contributed by atoms with E-state index >= 15 is 0 Å². The van der Waals surface area contributed by atoms with Gasteiger partial charge in [0.25, 0.3) is 0 Å². The summed E-state index contributed by atoms with van der Waals surface area (Å²) in [6.45, 7) is 0.264. The number of aromatic nitrogens is 2. The zero-order chi connectivity index (χ0) is 22.7. The van der Waals surface area contributed by atoms with Crippen LogP contribution in [0.25, 0.3) is 22.2 Å². The largest absolute Gasteiger partial charge is 0.505 e. The third-order valence-corrected chi connectivity index (χ3v) is 5.35. The molecule has 0 aliphatic carbocycles. The summed E-state index contributed by atoms with van der Waals surface area (Å²) in [5.41, 5.74) is 3.18. The zero-order valence-electron chi connectivity index (χ0n) is 16.6. The fourth-order valence-corrected chi connectivity index (χ4v) is 3.64. The van der Waals surface area contributed by atoms with Crippen molar-refractivity contribution in [3.05, 3.63) is 82.2 Å². The fourth-order valence-electron chi connectivity index (χ4n) is 3.16. The number of phenolic OH excluding ortho intramolecular Hbond substituents is 1. The van der Waals surface area contributed by atoms with Gasteiger partial charge in [0.05, 0.1) is 27.3 Å². The van der Waals surface area contributed by atoms with Crippen molar-refractivity contribution >= 4 is 46.1 Å². The predicted molar refractivity (Wildman–Crippen MR) is 124 cm³/mol. The number of phenols is 1. The topological polar surface area (TPSA) is 87.1 Å². The molecule has 3 N–H and O–H groups in total. The number of hydrogen-bond donors (Lipinski definition) is 3.